The Morgan fingerprint density at radius 3 is 2.43 bits per heavy atom. The molecule has 2 heterocycles. The molecule has 2 aromatic carbocycles. The second-order valence-corrected chi connectivity index (χ2v) is 8.42. The van der Waals surface area contributed by atoms with Gasteiger partial charge in [0.25, 0.3) is 5.91 Å². The molecule has 4 aromatic rings. The van der Waals surface area contributed by atoms with Crippen molar-refractivity contribution in [3.8, 4) is 0 Å². The van der Waals surface area contributed by atoms with Crippen molar-refractivity contribution in [2.75, 3.05) is 11.4 Å². The number of fused-ring (bicyclic) bond motifs is 1. The summed E-state index contributed by atoms with van der Waals surface area (Å²) in [4.78, 5) is 42.9. The molecular formula is C27H26ClN5O4. The first-order valence-electron chi connectivity index (χ1n) is 11.2. The number of pyridine rings is 1. The Morgan fingerprint density at radius 2 is 1.81 bits per heavy atom. The zero-order valence-corrected chi connectivity index (χ0v) is 20.9. The van der Waals surface area contributed by atoms with Gasteiger partial charge in [0.05, 0.1) is 5.56 Å². The van der Waals surface area contributed by atoms with Gasteiger partial charge >= 0.3 is 5.97 Å². The summed E-state index contributed by atoms with van der Waals surface area (Å²) in [7, 11) is 1.83. The molecule has 37 heavy (non-hydrogen) atoms. The molecule has 9 nitrogen and oxygen atoms in total. The number of nitrogen functional groups attached to an aromatic ring is 1. The number of Topliss-reactive ketones (excluding diaryl/α,β-unsaturated/α-hetero) is 1. The molecule has 0 aliphatic heterocycles. The maximum absolute atomic E-state index is 13.2. The second-order valence-electron chi connectivity index (χ2n) is 8.42. The Kier molecular flexibility index (Phi) is 8.41. The lowest BCUT2D eigenvalue weighted by Crippen LogP contribution is -2.35. The Labute approximate surface area is 219 Å². The van der Waals surface area contributed by atoms with E-state index in [2.05, 4.69) is 4.98 Å². The number of amides is 1. The lowest BCUT2D eigenvalue weighted by atomic mass is 10.0. The van der Waals surface area contributed by atoms with Gasteiger partial charge < -0.3 is 15.4 Å². The van der Waals surface area contributed by atoms with Crippen LogP contribution in [0.15, 0.2) is 73.2 Å². The largest absolute Gasteiger partial charge is 0.480 e. The number of nitrogens with two attached hydrogens (primary N) is 1. The fourth-order valence-electron chi connectivity index (χ4n) is 4.07. The van der Waals surface area contributed by atoms with E-state index in [4.69, 9.17) is 11.1 Å². The number of carbonyl (C=O) groups is 3. The Morgan fingerprint density at radius 1 is 1.08 bits per heavy atom. The summed E-state index contributed by atoms with van der Waals surface area (Å²) in [6, 6.07) is 15.5. The molecule has 4 rings (SSSR count). The third-order valence-corrected chi connectivity index (χ3v) is 5.94. The molecule has 0 saturated carbocycles. The highest BCUT2D eigenvalue weighted by Gasteiger charge is 2.23. The summed E-state index contributed by atoms with van der Waals surface area (Å²) in [5.74, 6) is -1.74. The highest BCUT2D eigenvalue weighted by molar-refractivity contribution is 6.12. The predicted octanol–water partition coefficient (Wildman–Crippen LogP) is 3.83. The van der Waals surface area contributed by atoms with Crippen LogP contribution < -0.4 is 10.6 Å². The molecule has 0 aliphatic rings. The van der Waals surface area contributed by atoms with Crippen molar-refractivity contribution in [3.05, 3.63) is 95.4 Å². The lowest BCUT2D eigenvalue weighted by Gasteiger charge is -2.21. The number of benzene rings is 2. The first kappa shape index (κ1) is 27.1. The topological polar surface area (TPSA) is 142 Å². The summed E-state index contributed by atoms with van der Waals surface area (Å²) in [6.07, 6.45) is 5.44. The number of nitrogens with zero attached hydrogens (tertiary/aromatic N) is 3. The van der Waals surface area contributed by atoms with Gasteiger partial charge in [0.2, 0.25) is 0 Å². The van der Waals surface area contributed by atoms with Crippen LogP contribution in [0.4, 0.5) is 5.69 Å². The molecule has 4 N–H and O–H groups in total. The number of ketones is 1. The number of nitrogens with one attached hydrogen (secondary N) is 1. The molecule has 0 saturated heterocycles. The van der Waals surface area contributed by atoms with E-state index >= 15 is 0 Å². The van der Waals surface area contributed by atoms with Crippen LogP contribution in [0, 0.1) is 5.41 Å². The Hall–Kier alpha value is -4.50. The molecule has 0 unspecified atom stereocenters. The van der Waals surface area contributed by atoms with Crippen molar-refractivity contribution in [2.45, 2.75) is 12.8 Å². The fourth-order valence-corrected chi connectivity index (χ4v) is 4.07. The number of aliphatic carboxylic acids is 1. The minimum absolute atomic E-state index is 0. The van der Waals surface area contributed by atoms with E-state index < -0.39 is 18.4 Å². The smallest absolute Gasteiger partial charge is 0.323 e. The van der Waals surface area contributed by atoms with E-state index in [9.17, 15) is 19.5 Å². The molecule has 0 aliphatic carbocycles. The van der Waals surface area contributed by atoms with Gasteiger partial charge in [-0.1, -0.05) is 24.3 Å². The molecule has 2 aromatic heterocycles. The van der Waals surface area contributed by atoms with Gasteiger partial charge in [-0.05, 0) is 42.3 Å². The summed E-state index contributed by atoms with van der Waals surface area (Å²) < 4.78 is 1.83. The number of aromatic nitrogens is 2. The minimum Gasteiger partial charge on any atom is -0.480 e. The highest BCUT2D eigenvalue weighted by atomic mass is 35.5. The summed E-state index contributed by atoms with van der Waals surface area (Å²) in [5, 5.41) is 17.6. The normalized spacial score (nSPS) is 10.5. The molecule has 190 valence electrons. The molecule has 0 bridgehead atoms. The van der Waals surface area contributed by atoms with E-state index in [1.165, 1.54) is 12.4 Å². The van der Waals surface area contributed by atoms with Crippen molar-refractivity contribution >= 4 is 52.5 Å². The summed E-state index contributed by atoms with van der Waals surface area (Å²) >= 11 is 0. The summed E-state index contributed by atoms with van der Waals surface area (Å²) in [5.41, 5.74) is 8.99. The third kappa shape index (κ3) is 6.02. The standard InChI is InChI=1S/C27H25N5O4.ClH/c1-31-15-22(24(33)11-6-17-4-7-18(8-5-17)26(28)29)21-13-20(9-10-23(21)31)32(16-25(34)35)27(36)19-3-2-12-30-14-19;/h2-5,7-10,12-15H,6,11,16H2,1H3,(H3,28,29)(H,34,35);1H. The molecule has 0 spiro atoms. The van der Waals surface area contributed by atoms with Gasteiger partial charge in [-0.25, -0.2) is 0 Å². The van der Waals surface area contributed by atoms with Gasteiger partial charge in [-0.15, -0.1) is 12.4 Å². The molecule has 0 fully saturated rings. The van der Waals surface area contributed by atoms with Crippen LogP contribution in [0.2, 0.25) is 0 Å². The molecule has 1 amide bonds. The highest BCUT2D eigenvalue weighted by Crippen LogP contribution is 2.28. The zero-order valence-electron chi connectivity index (χ0n) is 20.0. The second kappa shape index (κ2) is 11.5. The number of hydrogen-bond donors (Lipinski definition) is 3. The zero-order chi connectivity index (χ0) is 25.8. The number of hydrogen-bond acceptors (Lipinski definition) is 5. The van der Waals surface area contributed by atoms with E-state index in [-0.39, 0.29) is 36.0 Å². The fraction of sp³-hybridized carbons (Fsp3) is 0.148. The van der Waals surface area contributed by atoms with Crippen LogP contribution in [-0.4, -0.2) is 44.7 Å². The molecule has 10 heteroatoms. The number of amidine groups is 1. The maximum atomic E-state index is 13.2. The summed E-state index contributed by atoms with van der Waals surface area (Å²) in [6.45, 7) is -0.536. The molecule has 0 atom stereocenters. The van der Waals surface area contributed by atoms with Gasteiger partial charge in [-0.3, -0.25) is 29.7 Å². The van der Waals surface area contributed by atoms with Crippen LogP contribution in [-0.2, 0) is 18.3 Å². The van der Waals surface area contributed by atoms with Crippen molar-refractivity contribution in [1.82, 2.24) is 9.55 Å². The lowest BCUT2D eigenvalue weighted by molar-refractivity contribution is -0.135. The molecular weight excluding hydrogens is 494 g/mol. The van der Waals surface area contributed by atoms with Crippen LogP contribution >= 0.6 is 12.4 Å². The maximum Gasteiger partial charge on any atom is 0.323 e. The number of anilines is 1. The van der Waals surface area contributed by atoms with Crippen LogP contribution in [0.25, 0.3) is 10.9 Å². The minimum atomic E-state index is -1.16. The Balaban J connectivity index is 0.00000380. The van der Waals surface area contributed by atoms with Crippen molar-refractivity contribution in [2.24, 2.45) is 12.8 Å². The van der Waals surface area contributed by atoms with Crippen molar-refractivity contribution in [1.29, 1.82) is 5.41 Å². The SMILES string of the molecule is Cl.Cn1cc(C(=O)CCc2ccc(C(=N)N)cc2)c2cc(N(CC(=O)O)C(=O)c3cccnc3)ccc21. The van der Waals surface area contributed by atoms with Crippen LogP contribution in [0.1, 0.15) is 38.3 Å². The van der Waals surface area contributed by atoms with Gasteiger partial charge in [0, 0.05) is 59.8 Å². The van der Waals surface area contributed by atoms with Crippen LogP contribution in [0.5, 0.6) is 0 Å². The average Bonchev–Trinajstić information content (AvgIpc) is 3.21. The number of rotatable bonds is 9. The molecule has 0 radical (unpaired) electrons. The number of carboxylic acids is 1. The number of halogens is 1. The first-order valence-corrected chi connectivity index (χ1v) is 11.2. The van der Waals surface area contributed by atoms with Crippen LogP contribution in [0.3, 0.4) is 0 Å². The number of carbonyl (C=O) groups excluding carboxylic acids is 2. The predicted molar refractivity (Wildman–Crippen MR) is 144 cm³/mol. The van der Waals surface area contributed by atoms with Gasteiger partial charge in [0.15, 0.2) is 5.78 Å². The average molecular weight is 520 g/mol. The van der Waals surface area contributed by atoms with E-state index in [0.717, 1.165) is 16.0 Å². The Bertz CT molecular complexity index is 1470. The first-order chi connectivity index (χ1) is 17.2. The van der Waals surface area contributed by atoms with Crippen molar-refractivity contribution < 1.29 is 19.5 Å². The monoisotopic (exact) mass is 519 g/mol. The van der Waals surface area contributed by atoms with E-state index in [1.807, 2.05) is 23.7 Å². The van der Waals surface area contributed by atoms with E-state index in [1.54, 1.807) is 48.7 Å². The number of carboxylic acid groups (broad SMARTS) is 1. The number of aryl methyl sites for hydroxylation is 2. The van der Waals surface area contributed by atoms with Gasteiger partial charge in [-0.2, -0.15) is 0 Å². The van der Waals surface area contributed by atoms with Crippen molar-refractivity contribution in [3.63, 3.8) is 0 Å². The van der Waals surface area contributed by atoms with E-state index in [0.29, 0.717) is 28.6 Å². The van der Waals surface area contributed by atoms with Gasteiger partial charge in [0.1, 0.15) is 12.4 Å². The third-order valence-electron chi connectivity index (χ3n) is 5.94. The quantitative estimate of drug-likeness (QED) is 0.174.